The van der Waals surface area contributed by atoms with Gasteiger partial charge in [0.15, 0.2) is 0 Å². The fourth-order valence-electron chi connectivity index (χ4n) is 2.27. The summed E-state index contributed by atoms with van der Waals surface area (Å²) in [6.45, 7) is 7.82. The highest BCUT2D eigenvalue weighted by molar-refractivity contribution is 9.10. The van der Waals surface area contributed by atoms with Crippen LogP contribution in [0.3, 0.4) is 0 Å². The molecule has 88 valence electrons. The molecule has 1 aromatic carbocycles. The molecule has 2 rings (SSSR count). The third kappa shape index (κ3) is 2.64. The number of nitrogens with zero attached hydrogens (tertiary/aromatic N) is 1. The fraction of sp³-hybridized carbons (Fsp3) is 0.538. The SMILES string of the molecule is CC1CN(Cc2ccc(F)c(Br)c2)CC1C. The molecule has 1 nitrogen and oxygen atoms in total. The number of likely N-dealkylation sites (tertiary alicyclic amines) is 1. The fourth-order valence-corrected chi connectivity index (χ4v) is 2.70. The summed E-state index contributed by atoms with van der Waals surface area (Å²) < 4.78 is 13.6. The van der Waals surface area contributed by atoms with Crippen molar-refractivity contribution >= 4 is 15.9 Å². The highest BCUT2D eigenvalue weighted by Gasteiger charge is 2.25. The van der Waals surface area contributed by atoms with Gasteiger partial charge in [0.05, 0.1) is 4.47 Å². The zero-order valence-electron chi connectivity index (χ0n) is 9.71. The topological polar surface area (TPSA) is 3.24 Å². The van der Waals surface area contributed by atoms with E-state index in [4.69, 9.17) is 0 Å². The smallest absolute Gasteiger partial charge is 0.137 e. The third-order valence-electron chi connectivity index (χ3n) is 3.45. The van der Waals surface area contributed by atoms with E-state index in [1.54, 1.807) is 0 Å². The van der Waals surface area contributed by atoms with Crippen molar-refractivity contribution in [3.8, 4) is 0 Å². The van der Waals surface area contributed by atoms with Gasteiger partial charge in [-0.05, 0) is 45.5 Å². The molecule has 0 N–H and O–H groups in total. The Balaban J connectivity index is 2.02. The van der Waals surface area contributed by atoms with Gasteiger partial charge < -0.3 is 0 Å². The Bertz CT molecular complexity index is 370. The number of halogens is 2. The minimum Gasteiger partial charge on any atom is -0.299 e. The van der Waals surface area contributed by atoms with Gasteiger partial charge in [-0.15, -0.1) is 0 Å². The molecule has 1 fully saturated rings. The van der Waals surface area contributed by atoms with Gasteiger partial charge in [0, 0.05) is 19.6 Å². The Hall–Kier alpha value is -0.410. The van der Waals surface area contributed by atoms with Gasteiger partial charge in [0.25, 0.3) is 0 Å². The van der Waals surface area contributed by atoms with Gasteiger partial charge >= 0.3 is 0 Å². The lowest BCUT2D eigenvalue weighted by atomic mass is 10.0. The van der Waals surface area contributed by atoms with E-state index in [2.05, 4.69) is 34.7 Å². The van der Waals surface area contributed by atoms with E-state index in [0.29, 0.717) is 4.47 Å². The van der Waals surface area contributed by atoms with Crippen LogP contribution in [0.15, 0.2) is 22.7 Å². The molecule has 16 heavy (non-hydrogen) atoms. The van der Waals surface area contributed by atoms with Crippen LogP contribution in [0, 0.1) is 17.7 Å². The number of hydrogen-bond donors (Lipinski definition) is 0. The van der Waals surface area contributed by atoms with Crippen molar-refractivity contribution in [2.24, 2.45) is 11.8 Å². The summed E-state index contributed by atoms with van der Waals surface area (Å²) >= 11 is 3.23. The predicted octanol–water partition coefficient (Wildman–Crippen LogP) is 3.68. The van der Waals surface area contributed by atoms with Crippen LogP contribution in [0.4, 0.5) is 4.39 Å². The summed E-state index contributed by atoms with van der Waals surface area (Å²) in [6, 6.07) is 5.28. The third-order valence-corrected chi connectivity index (χ3v) is 4.06. The van der Waals surface area contributed by atoms with Crippen LogP contribution >= 0.6 is 15.9 Å². The molecule has 1 aliphatic rings. The van der Waals surface area contributed by atoms with Crippen molar-refractivity contribution in [2.45, 2.75) is 20.4 Å². The Morgan fingerprint density at radius 2 is 1.94 bits per heavy atom. The van der Waals surface area contributed by atoms with Gasteiger partial charge in [0.1, 0.15) is 5.82 Å². The van der Waals surface area contributed by atoms with Crippen molar-refractivity contribution in [3.63, 3.8) is 0 Å². The van der Waals surface area contributed by atoms with E-state index in [-0.39, 0.29) is 5.82 Å². The standard InChI is InChI=1S/C13H17BrFN/c1-9-6-16(7-10(9)2)8-11-3-4-13(15)12(14)5-11/h3-5,9-10H,6-8H2,1-2H3. The maximum atomic E-state index is 13.1. The van der Waals surface area contributed by atoms with Crippen molar-refractivity contribution in [1.82, 2.24) is 4.90 Å². The van der Waals surface area contributed by atoms with Crippen molar-refractivity contribution < 1.29 is 4.39 Å². The van der Waals surface area contributed by atoms with E-state index >= 15 is 0 Å². The van der Waals surface area contributed by atoms with Gasteiger partial charge in [-0.25, -0.2) is 4.39 Å². The first-order valence-electron chi connectivity index (χ1n) is 5.72. The van der Waals surface area contributed by atoms with Crippen molar-refractivity contribution in [2.75, 3.05) is 13.1 Å². The molecule has 2 atom stereocenters. The lowest BCUT2D eigenvalue weighted by Gasteiger charge is -2.15. The average molecular weight is 286 g/mol. The second kappa shape index (κ2) is 4.84. The Kier molecular flexibility index (Phi) is 3.65. The lowest BCUT2D eigenvalue weighted by molar-refractivity contribution is 0.316. The molecule has 3 heteroatoms. The van der Waals surface area contributed by atoms with Crippen LogP contribution in [0.1, 0.15) is 19.4 Å². The molecule has 0 spiro atoms. The predicted molar refractivity (Wildman–Crippen MR) is 67.7 cm³/mol. The number of hydrogen-bond acceptors (Lipinski definition) is 1. The average Bonchev–Trinajstić information content (AvgIpc) is 2.52. The Labute approximate surface area is 105 Å². The first kappa shape index (κ1) is 12.1. The molecule has 1 aromatic rings. The van der Waals surface area contributed by atoms with E-state index in [1.807, 2.05) is 12.1 Å². The molecule has 0 bridgehead atoms. The minimum atomic E-state index is -0.188. The molecule has 0 aromatic heterocycles. The van der Waals surface area contributed by atoms with Crippen LogP contribution in [0.5, 0.6) is 0 Å². The summed E-state index contributed by atoms with van der Waals surface area (Å²) in [4.78, 5) is 2.44. The summed E-state index contributed by atoms with van der Waals surface area (Å²) in [7, 11) is 0. The van der Waals surface area contributed by atoms with Gasteiger partial charge in [0.2, 0.25) is 0 Å². The first-order chi connectivity index (χ1) is 7.56. The summed E-state index contributed by atoms with van der Waals surface area (Å²) in [5.41, 5.74) is 1.18. The molecular formula is C13H17BrFN. The first-order valence-corrected chi connectivity index (χ1v) is 6.52. The Morgan fingerprint density at radius 1 is 1.31 bits per heavy atom. The molecule has 0 radical (unpaired) electrons. The van der Waals surface area contributed by atoms with E-state index < -0.39 is 0 Å². The molecule has 1 aliphatic heterocycles. The summed E-state index contributed by atoms with van der Waals surface area (Å²) in [5, 5.41) is 0. The molecule has 0 aliphatic carbocycles. The highest BCUT2D eigenvalue weighted by atomic mass is 79.9. The van der Waals surface area contributed by atoms with Crippen LogP contribution < -0.4 is 0 Å². The monoisotopic (exact) mass is 285 g/mol. The van der Waals surface area contributed by atoms with Crippen LogP contribution in [-0.4, -0.2) is 18.0 Å². The zero-order chi connectivity index (χ0) is 11.7. The maximum absolute atomic E-state index is 13.1. The number of rotatable bonds is 2. The molecule has 1 saturated heterocycles. The second-order valence-electron chi connectivity index (χ2n) is 4.90. The summed E-state index contributed by atoms with van der Waals surface area (Å²) in [6.07, 6.45) is 0. The normalized spacial score (nSPS) is 26.2. The Morgan fingerprint density at radius 3 is 2.50 bits per heavy atom. The van der Waals surface area contributed by atoms with Gasteiger partial charge in [-0.1, -0.05) is 19.9 Å². The minimum absolute atomic E-state index is 0.188. The van der Waals surface area contributed by atoms with Gasteiger partial charge in [-0.2, -0.15) is 0 Å². The van der Waals surface area contributed by atoms with Crippen LogP contribution in [0.2, 0.25) is 0 Å². The largest absolute Gasteiger partial charge is 0.299 e. The lowest BCUT2D eigenvalue weighted by Crippen LogP contribution is -2.20. The molecule has 0 saturated carbocycles. The van der Waals surface area contributed by atoms with E-state index in [0.717, 1.165) is 31.5 Å². The van der Waals surface area contributed by atoms with Crippen molar-refractivity contribution in [3.05, 3.63) is 34.1 Å². The number of benzene rings is 1. The molecular weight excluding hydrogens is 269 g/mol. The van der Waals surface area contributed by atoms with E-state index in [9.17, 15) is 4.39 Å². The molecule has 2 unspecified atom stereocenters. The highest BCUT2D eigenvalue weighted by Crippen LogP contribution is 2.25. The van der Waals surface area contributed by atoms with Crippen LogP contribution in [0.25, 0.3) is 0 Å². The maximum Gasteiger partial charge on any atom is 0.137 e. The van der Waals surface area contributed by atoms with Crippen molar-refractivity contribution in [1.29, 1.82) is 0 Å². The molecule has 1 heterocycles. The zero-order valence-corrected chi connectivity index (χ0v) is 11.3. The quantitative estimate of drug-likeness (QED) is 0.801. The van der Waals surface area contributed by atoms with E-state index in [1.165, 1.54) is 11.6 Å². The van der Waals surface area contributed by atoms with Gasteiger partial charge in [-0.3, -0.25) is 4.90 Å². The molecule has 0 amide bonds. The van der Waals surface area contributed by atoms with Crippen LogP contribution in [-0.2, 0) is 6.54 Å². The second-order valence-corrected chi connectivity index (χ2v) is 5.75. The summed E-state index contributed by atoms with van der Waals surface area (Å²) in [5.74, 6) is 1.35.